The summed E-state index contributed by atoms with van der Waals surface area (Å²) in [6.07, 6.45) is 1.73. The molecule has 7 heteroatoms. The van der Waals surface area contributed by atoms with Crippen molar-refractivity contribution in [3.63, 3.8) is 0 Å². The molecule has 3 rings (SSSR count). The molecular weight excluding hydrogens is 346 g/mol. The molecule has 26 heavy (non-hydrogen) atoms. The average molecular weight is 367 g/mol. The van der Waals surface area contributed by atoms with Gasteiger partial charge in [-0.05, 0) is 55.5 Å². The molecular formula is C19H21N5OS. The molecule has 0 aliphatic heterocycles. The minimum absolute atomic E-state index is 0.432. The second kappa shape index (κ2) is 7.97. The molecule has 1 heterocycles. The number of nitrogens with zero attached hydrogens (tertiary/aromatic N) is 4. The summed E-state index contributed by atoms with van der Waals surface area (Å²) in [5.41, 5.74) is 2.92. The zero-order valence-electron chi connectivity index (χ0n) is 15.0. The van der Waals surface area contributed by atoms with Gasteiger partial charge in [0, 0.05) is 30.9 Å². The lowest BCUT2D eigenvalue weighted by Gasteiger charge is -2.12. The van der Waals surface area contributed by atoms with Gasteiger partial charge in [-0.2, -0.15) is 14.9 Å². The van der Waals surface area contributed by atoms with Crippen molar-refractivity contribution in [1.82, 2.24) is 14.9 Å². The van der Waals surface area contributed by atoms with Crippen LogP contribution in [0.1, 0.15) is 12.5 Å². The van der Waals surface area contributed by atoms with Gasteiger partial charge in [0.05, 0.1) is 12.8 Å². The molecule has 0 amide bonds. The van der Waals surface area contributed by atoms with Crippen molar-refractivity contribution in [2.24, 2.45) is 5.10 Å². The molecule has 0 atom stereocenters. The zero-order valence-corrected chi connectivity index (χ0v) is 15.8. The number of ether oxygens (including phenoxy) is 1. The smallest absolute Gasteiger partial charge is 0.216 e. The van der Waals surface area contributed by atoms with Crippen molar-refractivity contribution in [1.29, 1.82) is 0 Å². The maximum Gasteiger partial charge on any atom is 0.216 e. The molecule has 134 valence electrons. The lowest BCUT2D eigenvalue weighted by atomic mass is 10.2. The molecule has 0 spiro atoms. The molecule has 3 aromatic rings. The fraction of sp³-hybridized carbons (Fsp3) is 0.211. The van der Waals surface area contributed by atoms with Crippen LogP contribution >= 0.6 is 12.2 Å². The van der Waals surface area contributed by atoms with Crippen LogP contribution in [0.25, 0.3) is 11.4 Å². The Labute approximate surface area is 157 Å². The molecule has 0 saturated carbocycles. The first-order chi connectivity index (χ1) is 12.6. The maximum absolute atomic E-state index is 5.63. The summed E-state index contributed by atoms with van der Waals surface area (Å²) in [7, 11) is 4.01. The van der Waals surface area contributed by atoms with Crippen LogP contribution in [0.3, 0.4) is 0 Å². The molecule has 1 aromatic heterocycles. The van der Waals surface area contributed by atoms with E-state index in [1.165, 1.54) is 0 Å². The van der Waals surface area contributed by atoms with Crippen LogP contribution in [0, 0.1) is 4.77 Å². The van der Waals surface area contributed by atoms with Gasteiger partial charge in [0.1, 0.15) is 5.75 Å². The van der Waals surface area contributed by atoms with E-state index in [0.717, 1.165) is 22.6 Å². The van der Waals surface area contributed by atoms with E-state index in [1.54, 1.807) is 10.9 Å². The van der Waals surface area contributed by atoms with Gasteiger partial charge in [-0.15, -0.1) is 0 Å². The second-order valence-corrected chi connectivity index (χ2v) is 6.21. The van der Waals surface area contributed by atoms with Gasteiger partial charge in [0.15, 0.2) is 5.82 Å². The summed E-state index contributed by atoms with van der Waals surface area (Å²) in [4.78, 5) is 2.05. The minimum atomic E-state index is 0.432. The van der Waals surface area contributed by atoms with E-state index in [2.05, 4.69) is 15.3 Å². The third-order valence-electron chi connectivity index (χ3n) is 3.82. The minimum Gasteiger partial charge on any atom is -0.493 e. The van der Waals surface area contributed by atoms with E-state index in [9.17, 15) is 0 Å². The van der Waals surface area contributed by atoms with E-state index in [0.29, 0.717) is 17.2 Å². The number of H-pyrrole nitrogens is 1. The van der Waals surface area contributed by atoms with Crippen LogP contribution in [0.4, 0.5) is 5.69 Å². The van der Waals surface area contributed by atoms with Crippen molar-refractivity contribution >= 4 is 24.1 Å². The average Bonchev–Trinajstić information content (AvgIpc) is 3.02. The number of rotatable bonds is 6. The summed E-state index contributed by atoms with van der Waals surface area (Å²) in [5.74, 6) is 1.44. The summed E-state index contributed by atoms with van der Waals surface area (Å²) >= 11 is 5.33. The Morgan fingerprint density at radius 1 is 1.19 bits per heavy atom. The van der Waals surface area contributed by atoms with Gasteiger partial charge in [-0.1, -0.05) is 12.1 Å². The molecule has 0 radical (unpaired) electrons. The highest BCUT2D eigenvalue weighted by atomic mass is 32.1. The Morgan fingerprint density at radius 3 is 2.62 bits per heavy atom. The van der Waals surface area contributed by atoms with Crippen LogP contribution in [0.2, 0.25) is 0 Å². The molecule has 6 nitrogen and oxygen atoms in total. The van der Waals surface area contributed by atoms with Crippen LogP contribution in [-0.2, 0) is 0 Å². The number of nitrogens with one attached hydrogen (secondary N) is 1. The van der Waals surface area contributed by atoms with Crippen molar-refractivity contribution in [2.75, 3.05) is 25.6 Å². The Balaban J connectivity index is 1.95. The summed E-state index contributed by atoms with van der Waals surface area (Å²) in [6.45, 7) is 2.55. The van der Waals surface area contributed by atoms with Gasteiger partial charge >= 0.3 is 0 Å². The number of para-hydroxylation sites is 1. The number of benzene rings is 2. The molecule has 0 unspecified atom stereocenters. The number of aromatic nitrogens is 3. The van der Waals surface area contributed by atoms with E-state index in [-0.39, 0.29) is 0 Å². The monoisotopic (exact) mass is 367 g/mol. The Hall–Kier alpha value is -2.93. The largest absolute Gasteiger partial charge is 0.493 e. The predicted octanol–water partition coefficient (Wildman–Crippen LogP) is 3.95. The SMILES string of the molecule is CCOc1ccccc1C=Nn1c(-c2ccc(N(C)C)cc2)n[nH]c1=S. The van der Waals surface area contributed by atoms with Crippen molar-refractivity contribution < 1.29 is 4.74 Å². The zero-order chi connectivity index (χ0) is 18.5. The summed E-state index contributed by atoms with van der Waals surface area (Å²) in [6, 6.07) is 15.8. The molecule has 0 aliphatic carbocycles. The third-order valence-corrected chi connectivity index (χ3v) is 4.09. The van der Waals surface area contributed by atoms with E-state index in [1.807, 2.05) is 74.4 Å². The number of aromatic amines is 1. The molecule has 0 bridgehead atoms. The van der Waals surface area contributed by atoms with Gasteiger partial charge in [0.25, 0.3) is 0 Å². The number of hydrogen-bond donors (Lipinski definition) is 1. The van der Waals surface area contributed by atoms with Gasteiger partial charge < -0.3 is 9.64 Å². The van der Waals surface area contributed by atoms with Crippen LogP contribution in [0.5, 0.6) is 5.75 Å². The highest BCUT2D eigenvalue weighted by Crippen LogP contribution is 2.21. The first-order valence-corrected chi connectivity index (χ1v) is 8.72. The topological polar surface area (TPSA) is 58.4 Å². The summed E-state index contributed by atoms with van der Waals surface area (Å²) in [5, 5.41) is 11.6. The lowest BCUT2D eigenvalue weighted by Crippen LogP contribution is -2.08. The van der Waals surface area contributed by atoms with Gasteiger partial charge in [0.2, 0.25) is 4.77 Å². The predicted molar refractivity (Wildman–Crippen MR) is 108 cm³/mol. The number of hydrogen-bond acceptors (Lipinski definition) is 5. The highest BCUT2D eigenvalue weighted by molar-refractivity contribution is 7.71. The quantitative estimate of drug-likeness (QED) is 0.529. The van der Waals surface area contributed by atoms with E-state index >= 15 is 0 Å². The first kappa shape index (κ1) is 17.9. The maximum atomic E-state index is 5.63. The van der Waals surface area contributed by atoms with Crippen molar-refractivity contribution in [2.45, 2.75) is 6.92 Å². The molecule has 0 saturated heterocycles. The first-order valence-electron chi connectivity index (χ1n) is 8.31. The molecule has 2 aromatic carbocycles. The highest BCUT2D eigenvalue weighted by Gasteiger charge is 2.09. The lowest BCUT2D eigenvalue weighted by molar-refractivity contribution is 0.340. The van der Waals surface area contributed by atoms with Gasteiger partial charge in [-0.3, -0.25) is 0 Å². The second-order valence-electron chi connectivity index (χ2n) is 5.82. The van der Waals surface area contributed by atoms with Crippen molar-refractivity contribution in [3.05, 3.63) is 58.9 Å². The number of anilines is 1. The Morgan fingerprint density at radius 2 is 1.92 bits per heavy atom. The van der Waals surface area contributed by atoms with E-state index < -0.39 is 0 Å². The Kier molecular flexibility index (Phi) is 5.48. The van der Waals surface area contributed by atoms with Gasteiger partial charge in [-0.25, -0.2) is 5.10 Å². The van der Waals surface area contributed by atoms with E-state index in [4.69, 9.17) is 17.0 Å². The fourth-order valence-corrected chi connectivity index (χ4v) is 2.67. The fourth-order valence-electron chi connectivity index (χ4n) is 2.49. The summed E-state index contributed by atoms with van der Waals surface area (Å²) < 4.78 is 7.68. The van der Waals surface area contributed by atoms with Crippen molar-refractivity contribution in [3.8, 4) is 17.1 Å². The Bertz CT molecular complexity index is 957. The normalized spacial score (nSPS) is 11.0. The standard InChI is InChI=1S/C19H21N5OS/c1-4-25-17-8-6-5-7-15(17)13-20-24-18(21-22-19(24)26)14-9-11-16(12-10-14)23(2)3/h5-13H,4H2,1-3H3,(H,22,26). The molecule has 0 fully saturated rings. The third kappa shape index (κ3) is 3.83. The van der Waals surface area contributed by atoms with Crippen LogP contribution in [-0.4, -0.2) is 41.8 Å². The van der Waals surface area contributed by atoms with Crippen LogP contribution < -0.4 is 9.64 Å². The molecule has 0 aliphatic rings. The van der Waals surface area contributed by atoms with Crippen LogP contribution in [0.15, 0.2) is 53.6 Å². The molecule has 1 N–H and O–H groups in total.